The van der Waals surface area contributed by atoms with E-state index in [1.165, 1.54) is 13.2 Å². The van der Waals surface area contributed by atoms with Gasteiger partial charge < -0.3 is 15.6 Å². The fourth-order valence-electron chi connectivity index (χ4n) is 2.80. The van der Waals surface area contributed by atoms with E-state index in [-0.39, 0.29) is 0 Å². The zero-order valence-corrected chi connectivity index (χ0v) is 15.9. The van der Waals surface area contributed by atoms with E-state index in [1.807, 2.05) is 0 Å². The third kappa shape index (κ3) is 4.22. The first-order chi connectivity index (χ1) is 12.9. The number of aliphatic hydroxyl groups is 1. The zero-order valence-electron chi connectivity index (χ0n) is 14.4. The Morgan fingerprint density at radius 2 is 1.78 bits per heavy atom. The van der Waals surface area contributed by atoms with Crippen molar-refractivity contribution in [3.05, 3.63) is 81.8 Å². The first kappa shape index (κ1) is 19.6. The van der Waals surface area contributed by atoms with Gasteiger partial charge in [0.2, 0.25) is 0 Å². The van der Waals surface area contributed by atoms with Gasteiger partial charge in [0.1, 0.15) is 11.6 Å². The Bertz CT molecular complexity index is 968. The van der Waals surface area contributed by atoms with Crippen molar-refractivity contribution in [3.8, 4) is 16.9 Å². The molecule has 3 aromatic rings. The summed E-state index contributed by atoms with van der Waals surface area (Å²) in [6.45, 7) is 0. The van der Waals surface area contributed by atoms with Crippen LogP contribution in [0.3, 0.4) is 0 Å². The largest absolute Gasteiger partial charge is 0.496 e. The van der Waals surface area contributed by atoms with Gasteiger partial charge in [0.25, 0.3) is 0 Å². The van der Waals surface area contributed by atoms with E-state index in [0.717, 1.165) is 6.20 Å². The van der Waals surface area contributed by atoms with E-state index in [4.69, 9.17) is 33.7 Å². The molecular weight excluding hydrogens is 390 g/mol. The first-order valence-corrected chi connectivity index (χ1v) is 8.83. The van der Waals surface area contributed by atoms with Crippen LogP contribution in [0.25, 0.3) is 11.1 Å². The van der Waals surface area contributed by atoms with Gasteiger partial charge in [-0.2, -0.15) is 0 Å². The second kappa shape index (κ2) is 8.23. The Labute approximate surface area is 166 Å². The second-order valence-corrected chi connectivity index (χ2v) is 6.81. The van der Waals surface area contributed by atoms with Gasteiger partial charge in [-0.05, 0) is 35.4 Å². The van der Waals surface area contributed by atoms with Gasteiger partial charge in [0.15, 0.2) is 0 Å². The normalized spacial score (nSPS) is 13.3. The summed E-state index contributed by atoms with van der Waals surface area (Å²) in [6, 6.07) is 10.7. The van der Waals surface area contributed by atoms with Crippen LogP contribution in [0.2, 0.25) is 10.0 Å². The lowest BCUT2D eigenvalue weighted by Gasteiger charge is -2.21. The van der Waals surface area contributed by atoms with Crippen LogP contribution < -0.4 is 10.5 Å². The summed E-state index contributed by atoms with van der Waals surface area (Å²) in [7, 11) is 1.50. The summed E-state index contributed by atoms with van der Waals surface area (Å²) in [5, 5.41) is 11.5. The fraction of sp³-hybridized carbons (Fsp3) is 0.150. The molecule has 0 bridgehead atoms. The third-order valence-corrected chi connectivity index (χ3v) is 4.99. The quantitative estimate of drug-likeness (QED) is 0.629. The van der Waals surface area contributed by atoms with Crippen molar-refractivity contribution in [2.75, 3.05) is 7.11 Å². The number of ether oxygens (including phenoxy) is 1. The van der Waals surface area contributed by atoms with Gasteiger partial charge in [-0.3, -0.25) is 4.98 Å². The molecule has 2 aromatic carbocycles. The van der Waals surface area contributed by atoms with Crippen LogP contribution in [0.4, 0.5) is 4.39 Å². The standard InChI is InChI=1S/C20H17Cl2FN2O2/c1-27-18-8-12(2-4-15(18)13-6-14(23)10-25-9-13)20(26)19(24)11-3-5-16(21)17(22)7-11/h2-10,19-20,26H,24H2,1H3. The van der Waals surface area contributed by atoms with E-state index in [2.05, 4.69) is 4.98 Å². The molecule has 1 heterocycles. The highest BCUT2D eigenvalue weighted by Gasteiger charge is 2.21. The predicted molar refractivity (Wildman–Crippen MR) is 105 cm³/mol. The minimum absolute atomic E-state index is 0.364. The molecule has 0 aliphatic carbocycles. The van der Waals surface area contributed by atoms with Crippen molar-refractivity contribution >= 4 is 23.2 Å². The lowest BCUT2D eigenvalue weighted by atomic mass is 9.94. The van der Waals surface area contributed by atoms with Gasteiger partial charge in [-0.25, -0.2) is 4.39 Å². The molecule has 3 N–H and O–H groups in total. The molecule has 3 rings (SSSR count). The van der Waals surface area contributed by atoms with Crippen LogP contribution >= 0.6 is 23.2 Å². The average molecular weight is 407 g/mol. The molecule has 0 saturated heterocycles. The van der Waals surface area contributed by atoms with E-state index < -0.39 is 18.0 Å². The molecule has 7 heteroatoms. The number of hydrogen-bond donors (Lipinski definition) is 2. The fourth-order valence-corrected chi connectivity index (χ4v) is 3.11. The molecule has 0 aliphatic rings. The lowest BCUT2D eigenvalue weighted by molar-refractivity contribution is 0.146. The van der Waals surface area contributed by atoms with Gasteiger partial charge >= 0.3 is 0 Å². The number of halogens is 3. The number of pyridine rings is 1. The van der Waals surface area contributed by atoms with Crippen molar-refractivity contribution in [1.29, 1.82) is 0 Å². The molecular formula is C20H17Cl2FN2O2. The lowest BCUT2D eigenvalue weighted by Crippen LogP contribution is -2.19. The summed E-state index contributed by atoms with van der Waals surface area (Å²) in [6.07, 6.45) is 1.67. The number of methoxy groups -OCH3 is 1. The van der Waals surface area contributed by atoms with E-state index in [0.29, 0.717) is 38.0 Å². The first-order valence-electron chi connectivity index (χ1n) is 8.08. The molecule has 4 nitrogen and oxygen atoms in total. The van der Waals surface area contributed by atoms with Gasteiger partial charge in [0, 0.05) is 17.3 Å². The predicted octanol–water partition coefficient (Wildman–Crippen LogP) is 4.94. The van der Waals surface area contributed by atoms with Crippen LogP contribution in [-0.4, -0.2) is 17.2 Å². The van der Waals surface area contributed by atoms with E-state index >= 15 is 0 Å². The number of aliphatic hydroxyl groups excluding tert-OH is 1. The van der Waals surface area contributed by atoms with Gasteiger partial charge in [-0.1, -0.05) is 41.4 Å². The van der Waals surface area contributed by atoms with Crippen molar-refractivity contribution in [1.82, 2.24) is 4.98 Å². The summed E-state index contributed by atoms with van der Waals surface area (Å²) in [5.41, 5.74) is 8.63. The Morgan fingerprint density at radius 3 is 2.44 bits per heavy atom. The summed E-state index contributed by atoms with van der Waals surface area (Å²) >= 11 is 12.0. The number of nitrogens with two attached hydrogens (primary N) is 1. The maximum Gasteiger partial charge on any atom is 0.142 e. The SMILES string of the molecule is COc1cc(C(O)C(N)c2ccc(Cl)c(Cl)c2)ccc1-c1cncc(F)c1. The maximum atomic E-state index is 13.5. The Hall–Kier alpha value is -2.18. The molecule has 2 unspecified atom stereocenters. The minimum Gasteiger partial charge on any atom is -0.496 e. The van der Waals surface area contributed by atoms with Crippen molar-refractivity contribution < 1.29 is 14.2 Å². The topological polar surface area (TPSA) is 68.4 Å². The van der Waals surface area contributed by atoms with Crippen LogP contribution in [-0.2, 0) is 0 Å². The number of aromatic nitrogens is 1. The monoisotopic (exact) mass is 406 g/mol. The molecule has 2 atom stereocenters. The van der Waals surface area contributed by atoms with Crippen LogP contribution in [0.15, 0.2) is 54.9 Å². The van der Waals surface area contributed by atoms with Gasteiger partial charge in [-0.15, -0.1) is 0 Å². The molecule has 0 amide bonds. The average Bonchev–Trinajstić information content (AvgIpc) is 2.68. The third-order valence-electron chi connectivity index (χ3n) is 4.25. The van der Waals surface area contributed by atoms with Crippen molar-refractivity contribution in [2.45, 2.75) is 12.1 Å². The second-order valence-electron chi connectivity index (χ2n) is 6.00. The molecule has 0 radical (unpaired) electrons. The van der Waals surface area contributed by atoms with E-state index in [1.54, 1.807) is 42.6 Å². The molecule has 0 fully saturated rings. The maximum absolute atomic E-state index is 13.5. The smallest absolute Gasteiger partial charge is 0.142 e. The molecule has 140 valence electrons. The van der Waals surface area contributed by atoms with Crippen molar-refractivity contribution in [2.24, 2.45) is 5.73 Å². The highest BCUT2D eigenvalue weighted by Crippen LogP contribution is 2.36. The number of benzene rings is 2. The minimum atomic E-state index is -1.00. The molecule has 0 saturated carbocycles. The van der Waals surface area contributed by atoms with E-state index in [9.17, 15) is 9.50 Å². The van der Waals surface area contributed by atoms with Crippen LogP contribution in [0.5, 0.6) is 5.75 Å². The summed E-state index contributed by atoms with van der Waals surface area (Å²) in [4.78, 5) is 3.85. The number of hydrogen-bond acceptors (Lipinski definition) is 4. The molecule has 1 aromatic heterocycles. The molecule has 27 heavy (non-hydrogen) atoms. The zero-order chi connectivity index (χ0) is 19.6. The highest BCUT2D eigenvalue weighted by molar-refractivity contribution is 6.42. The summed E-state index contributed by atoms with van der Waals surface area (Å²) < 4.78 is 18.9. The molecule has 0 aliphatic heterocycles. The van der Waals surface area contributed by atoms with Crippen LogP contribution in [0, 0.1) is 5.82 Å². The Morgan fingerprint density at radius 1 is 1.04 bits per heavy atom. The summed E-state index contributed by atoms with van der Waals surface area (Å²) in [5.74, 6) is 0.0283. The Balaban J connectivity index is 1.93. The highest BCUT2D eigenvalue weighted by atomic mass is 35.5. The molecule has 0 spiro atoms. The number of rotatable bonds is 5. The van der Waals surface area contributed by atoms with Gasteiger partial charge in [0.05, 0.1) is 35.5 Å². The van der Waals surface area contributed by atoms with Crippen molar-refractivity contribution in [3.63, 3.8) is 0 Å². The Kier molecular flexibility index (Phi) is 5.97. The number of nitrogens with zero attached hydrogens (tertiary/aromatic N) is 1. The van der Waals surface area contributed by atoms with Crippen LogP contribution in [0.1, 0.15) is 23.3 Å².